The molecule has 0 bridgehead atoms. The minimum Gasteiger partial charge on any atom is -0.310 e. The number of fused-ring (bicyclic) bond motifs is 14. The van der Waals surface area contributed by atoms with Crippen LogP contribution < -0.4 is 9.80 Å². The van der Waals surface area contributed by atoms with E-state index >= 15 is 0 Å². The van der Waals surface area contributed by atoms with Crippen molar-refractivity contribution in [2.24, 2.45) is 0 Å². The van der Waals surface area contributed by atoms with E-state index in [1.54, 1.807) is 0 Å². The van der Waals surface area contributed by atoms with Crippen molar-refractivity contribution in [3.63, 3.8) is 0 Å². The van der Waals surface area contributed by atoms with Crippen LogP contribution in [0.5, 0.6) is 0 Å². The van der Waals surface area contributed by atoms with Crippen LogP contribution in [0, 0.1) is 0 Å². The first-order valence-corrected chi connectivity index (χ1v) is 30.6. The van der Waals surface area contributed by atoms with Gasteiger partial charge in [0.2, 0.25) is 0 Å². The third-order valence-electron chi connectivity index (χ3n) is 18.5. The monoisotopic (exact) mass is 1120 g/mol. The zero-order chi connectivity index (χ0) is 59.0. The number of benzene rings is 12. The summed E-state index contributed by atoms with van der Waals surface area (Å²) in [6, 6.07) is 88.6. The van der Waals surface area contributed by atoms with Gasteiger partial charge in [-0.15, -0.1) is 0 Å². The van der Waals surface area contributed by atoms with Gasteiger partial charge in [-0.3, -0.25) is 0 Å². The smallest absolute Gasteiger partial charge is 0.0641 e. The fourth-order valence-corrected chi connectivity index (χ4v) is 14.5. The van der Waals surface area contributed by atoms with Crippen molar-refractivity contribution >= 4 is 137 Å². The molecule has 0 aliphatic heterocycles. The minimum absolute atomic E-state index is 0.0627. The molecule has 87 heavy (non-hydrogen) atoms. The van der Waals surface area contributed by atoms with Gasteiger partial charge < -0.3 is 18.6 Å². The van der Waals surface area contributed by atoms with Crippen molar-refractivity contribution in [2.45, 2.75) is 59.3 Å². The first-order chi connectivity index (χ1) is 42.4. The molecule has 0 aliphatic carbocycles. The number of hydrogen-bond acceptors (Lipinski definition) is 2. The summed E-state index contributed by atoms with van der Waals surface area (Å²) in [6.45, 7) is 20.4. The van der Waals surface area contributed by atoms with E-state index in [9.17, 15) is 0 Å². The fourth-order valence-electron chi connectivity index (χ4n) is 14.5. The van der Waals surface area contributed by atoms with Crippen LogP contribution >= 0.6 is 0 Å². The average molecular weight is 1120 g/mol. The highest BCUT2D eigenvalue weighted by Crippen LogP contribution is 2.54. The lowest BCUT2D eigenvalue weighted by Gasteiger charge is -2.26. The zero-order valence-electron chi connectivity index (χ0n) is 50.3. The van der Waals surface area contributed by atoms with Gasteiger partial charge in [-0.1, -0.05) is 200 Å². The average Bonchev–Trinajstić information content (AvgIpc) is 1.56. The second-order valence-corrected chi connectivity index (χ2v) is 25.7. The molecule has 12 aromatic carbocycles. The van der Waals surface area contributed by atoms with Crippen LogP contribution in [-0.2, 0) is 10.8 Å². The van der Waals surface area contributed by atoms with E-state index in [0.717, 1.165) is 39.7 Å². The largest absolute Gasteiger partial charge is 0.310 e. The predicted octanol–water partition coefficient (Wildman–Crippen LogP) is 23.6. The maximum absolute atomic E-state index is 4.36. The molecular weight excluding hydrogens is 1050 g/mol. The van der Waals surface area contributed by atoms with Gasteiger partial charge in [-0.2, -0.15) is 0 Å². The van der Waals surface area contributed by atoms with Gasteiger partial charge in [0.05, 0.1) is 44.5 Å². The molecule has 0 radical (unpaired) electrons. The van der Waals surface area contributed by atoms with E-state index < -0.39 is 0 Å². The molecule has 4 nitrogen and oxygen atoms in total. The lowest BCUT2D eigenvalue weighted by Crippen LogP contribution is -2.11. The molecule has 4 heterocycles. The standard InChI is InChI=1S/C83H66N4/c1-9-26-52(27-10-2)76-64-48-62-60-40-44-72(84(56-30-18-12-19-31-56)57-32-20-13-21-33-57)78-69-47-55(83(6,7)8)39-43-71(69)87(80(60)78)75(62)51-67(64)77(53-28-16-11-17-29-53)65-49-63-61-41-45-73(85(58-34-22-14-23-35-58)59-36-24-15-25-37-59)79-68-46-54(82(3,4)5)38-42-70(68)86(81(61)79)74(63)50-66(65)76/h9-51H,1H2,2-8H3/b27-10-,52-26+. The molecule has 0 saturated heterocycles. The van der Waals surface area contributed by atoms with Crippen LogP contribution in [-0.4, -0.2) is 8.80 Å². The van der Waals surface area contributed by atoms with E-state index in [1.807, 2.05) is 6.08 Å². The van der Waals surface area contributed by atoms with Crippen LogP contribution in [0.2, 0.25) is 0 Å². The number of allylic oxidation sites excluding steroid dienone is 5. The van der Waals surface area contributed by atoms with Gasteiger partial charge in [0.25, 0.3) is 0 Å². The molecule has 0 aliphatic rings. The summed E-state index contributed by atoms with van der Waals surface area (Å²) in [6.07, 6.45) is 8.61. The number of rotatable bonds is 10. The van der Waals surface area contributed by atoms with Crippen LogP contribution in [0.4, 0.5) is 34.1 Å². The highest BCUT2D eigenvalue weighted by atomic mass is 15.2. The van der Waals surface area contributed by atoms with Crippen molar-refractivity contribution < 1.29 is 0 Å². The molecular formula is C83H66N4. The Hall–Kier alpha value is -10.4. The van der Waals surface area contributed by atoms with Gasteiger partial charge >= 0.3 is 0 Å². The van der Waals surface area contributed by atoms with E-state index in [4.69, 9.17) is 0 Å². The first kappa shape index (κ1) is 52.2. The molecule has 0 spiro atoms. The number of para-hydroxylation sites is 4. The summed E-state index contributed by atoms with van der Waals surface area (Å²) in [4.78, 5) is 4.89. The summed E-state index contributed by atoms with van der Waals surface area (Å²) < 4.78 is 5.17. The molecule has 0 N–H and O–H groups in total. The maximum atomic E-state index is 4.36. The lowest BCUT2D eigenvalue weighted by molar-refractivity contribution is 0.591. The Morgan fingerprint density at radius 1 is 0.379 bits per heavy atom. The third-order valence-corrected chi connectivity index (χ3v) is 18.5. The van der Waals surface area contributed by atoms with Crippen molar-refractivity contribution in [2.75, 3.05) is 9.80 Å². The summed E-state index contributed by atoms with van der Waals surface area (Å²) in [5.41, 5.74) is 21.1. The van der Waals surface area contributed by atoms with Gasteiger partial charge in [-0.25, -0.2) is 0 Å². The molecule has 0 unspecified atom stereocenters. The van der Waals surface area contributed by atoms with E-state index in [2.05, 4.69) is 328 Å². The Morgan fingerprint density at radius 3 is 1.18 bits per heavy atom. The van der Waals surface area contributed by atoms with Crippen LogP contribution in [0.15, 0.2) is 267 Å². The molecule has 16 rings (SSSR count). The summed E-state index contributed by atoms with van der Waals surface area (Å²) in [5, 5.41) is 14.7. The molecule has 0 fully saturated rings. The van der Waals surface area contributed by atoms with Gasteiger partial charge in [0, 0.05) is 65.8 Å². The van der Waals surface area contributed by atoms with Gasteiger partial charge in [0.1, 0.15) is 0 Å². The van der Waals surface area contributed by atoms with Crippen molar-refractivity contribution in [1.82, 2.24) is 8.80 Å². The summed E-state index contributed by atoms with van der Waals surface area (Å²) in [5.74, 6) is 0. The van der Waals surface area contributed by atoms with Crippen molar-refractivity contribution in [3.05, 3.63) is 284 Å². The van der Waals surface area contributed by atoms with Gasteiger partial charge in [-0.05, 0) is 182 Å². The second-order valence-electron chi connectivity index (χ2n) is 25.7. The first-order valence-electron chi connectivity index (χ1n) is 30.6. The van der Waals surface area contributed by atoms with Crippen molar-refractivity contribution in [3.8, 4) is 11.1 Å². The Bertz CT molecular complexity index is 5290. The Morgan fingerprint density at radius 2 is 0.770 bits per heavy atom. The highest BCUT2D eigenvalue weighted by Gasteiger charge is 2.30. The number of nitrogens with zero attached hydrogens (tertiary/aromatic N) is 4. The minimum atomic E-state index is -0.0638. The van der Waals surface area contributed by atoms with E-state index in [-0.39, 0.29) is 10.8 Å². The molecule has 418 valence electrons. The highest BCUT2D eigenvalue weighted by molar-refractivity contribution is 6.33. The number of hydrogen-bond donors (Lipinski definition) is 0. The molecule has 0 saturated carbocycles. The quantitative estimate of drug-likeness (QED) is 0.100. The van der Waals surface area contributed by atoms with E-state index in [0.29, 0.717) is 0 Å². The zero-order valence-corrected chi connectivity index (χ0v) is 50.3. The Balaban J connectivity index is 1.08. The molecule has 0 amide bonds. The fraction of sp³-hybridized carbons (Fsp3) is 0.108. The topological polar surface area (TPSA) is 15.3 Å². The maximum Gasteiger partial charge on any atom is 0.0641 e. The third kappa shape index (κ3) is 7.90. The van der Waals surface area contributed by atoms with Crippen LogP contribution in [0.3, 0.4) is 0 Å². The normalized spacial score (nSPS) is 12.8. The van der Waals surface area contributed by atoms with Crippen LogP contribution in [0.25, 0.3) is 114 Å². The Kier molecular flexibility index (Phi) is 11.7. The summed E-state index contributed by atoms with van der Waals surface area (Å²) in [7, 11) is 0. The molecule has 16 aromatic rings. The van der Waals surface area contributed by atoms with Crippen molar-refractivity contribution in [1.29, 1.82) is 0 Å². The number of aromatic nitrogens is 2. The summed E-state index contributed by atoms with van der Waals surface area (Å²) >= 11 is 0. The number of anilines is 6. The molecule has 0 atom stereocenters. The Labute approximate surface area is 507 Å². The van der Waals surface area contributed by atoms with E-state index in [1.165, 1.54) is 126 Å². The second kappa shape index (κ2) is 19.6. The van der Waals surface area contributed by atoms with Gasteiger partial charge in [0.15, 0.2) is 0 Å². The SMILES string of the molecule is C=C/C=C(\C=C/C)c1c2cc3c(cc2c(-c2ccccc2)c2cc4c(cc12)c1ccc(N(c2ccccc2)c2ccccc2)c2c5cc(C(C)(C)C)ccc5n4c12)c1ccc(N(c2ccccc2)c2ccccc2)c2c4cc(C(C)(C)C)ccc4n3c12. The van der Waals surface area contributed by atoms with Crippen LogP contribution in [0.1, 0.15) is 65.2 Å². The predicted molar refractivity (Wildman–Crippen MR) is 376 cm³/mol. The lowest BCUT2D eigenvalue weighted by atomic mass is 9.84. The molecule has 4 aromatic heterocycles. The molecule has 4 heteroatoms.